The summed E-state index contributed by atoms with van der Waals surface area (Å²) in [6, 6.07) is 17.0. The van der Waals surface area contributed by atoms with E-state index in [1.54, 1.807) is 4.57 Å². The van der Waals surface area contributed by atoms with Crippen LogP contribution in [0, 0.1) is 0 Å². The highest BCUT2D eigenvalue weighted by atomic mass is 35.5. The van der Waals surface area contributed by atoms with Crippen LogP contribution in [0.15, 0.2) is 54.6 Å². The first-order chi connectivity index (χ1) is 11.6. The molecule has 5 heteroatoms. The topological polar surface area (TPSA) is 54.3 Å². The van der Waals surface area contributed by atoms with E-state index in [-0.39, 0.29) is 5.91 Å². The normalized spacial score (nSPS) is 12.3. The maximum Gasteiger partial charge on any atom is 0.269 e. The first kappa shape index (κ1) is 16.6. The minimum absolute atomic E-state index is 0.237. The molecule has 124 valence electrons. The fourth-order valence-electron chi connectivity index (χ4n) is 2.85. The molecule has 0 fully saturated rings. The van der Waals surface area contributed by atoms with Crippen LogP contribution in [-0.2, 0) is 7.05 Å². The van der Waals surface area contributed by atoms with E-state index in [0.29, 0.717) is 23.7 Å². The van der Waals surface area contributed by atoms with Crippen LogP contribution in [0.25, 0.3) is 10.9 Å². The lowest BCUT2D eigenvalue weighted by molar-refractivity contribution is 0.0935. The summed E-state index contributed by atoms with van der Waals surface area (Å²) in [5.41, 5.74) is 2.19. The maximum absolute atomic E-state index is 12.5. The molecule has 0 saturated heterocycles. The van der Waals surface area contributed by atoms with Crippen LogP contribution in [-0.4, -0.2) is 22.1 Å². The SMILES string of the molecule is Cn1c(C(=O)NCCC(O)c2ccccc2)c(Cl)c2ccccc21. The highest BCUT2D eigenvalue weighted by Gasteiger charge is 2.19. The largest absolute Gasteiger partial charge is 0.388 e. The van der Waals surface area contributed by atoms with Crippen LogP contribution in [0.3, 0.4) is 0 Å². The molecule has 3 rings (SSSR count). The van der Waals surface area contributed by atoms with Crippen molar-refractivity contribution in [3.05, 3.63) is 70.9 Å². The predicted octanol–water partition coefficient (Wildman–Crippen LogP) is 3.69. The summed E-state index contributed by atoms with van der Waals surface area (Å²) in [5, 5.41) is 14.3. The van der Waals surface area contributed by atoms with Crippen LogP contribution in [0.1, 0.15) is 28.6 Å². The lowest BCUT2D eigenvalue weighted by Gasteiger charge is -2.12. The zero-order valence-electron chi connectivity index (χ0n) is 13.4. The molecule has 0 spiro atoms. The second kappa shape index (κ2) is 7.07. The summed E-state index contributed by atoms with van der Waals surface area (Å²) in [6.45, 7) is 0.368. The van der Waals surface area contributed by atoms with Gasteiger partial charge in [0.05, 0.1) is 11.1 Å². The Morgan fingerprint density at radius 2 is 1.83 bits per heavy atom. The smallest absolute Gasteiger partial charge is 0.269 e. The zero-order valence-corrected chi connectivity index (χ0v) is 14.1. The van der Waals surface area contributed by atoms with Crippen molar-refractivity contribution >= 4 is 28.4 Å². The Morgan fingerprint density at radius 1 is 1.17 bits per heavy atom. The Bertz CT molecular complexity index is 819. The first-order valence-corrected chi connectivity index (χ1v) is 8.21. The number of fused-ring (bicyclic) bond motifs is 1. The molecule has 1 atom stereocenters. The summed E-state index contributed by atoms with van der Waals surface area (Å²) in [6.07, 6.45) is -0.161. The second-order valence-electron chi connectivity index (χ2n) is 5.71. The average molecular weight is 343 g/mol. The number of hydrogen-bond acceptors (Lipinski definition) is 2. The van der Waals surface area contributed by atoms with Crippen LogP contribution in [0.2, 0.25) is 5.02 Å². The molecule has 1 aromatic heterocycles. The van der Waals surface area contributed by atoms with E-state index >= 15 is 0 Å². The molecular weight excluding hydrogens is 324 g/mol. The number of para-hydroxylation sites is 1. The number of rotatable bonds is 5. The van der Waals surface area contributed by atoms with Crippen molar-refractivity contribution in [2.24, 2.45) is 7.05 Å². The van der Waals surface area contributed by atoms with E-state index in [1.165, 1.54) is 0 Å². The zero-order chi connectivity index (χ0) is 17.1. The van der Waals surface area contributed by atoms with Gasteiger partial charge in [0.2, 0.25) is 0 Å². The molecule has 0 aliphatic rings. The van der Waals surface area contributed by atoms with Gasteiger partial charge in [-0.05, 0) is 18.1 Å². The number of hydrogen-bond donors (Lipinski definition) is 2. The number of aliphatic hydroxyl groups is 1. The number of aromatic nitrogens is 1. The van der Waals surface area contributed by atoms with Gasteiger partial charge in [-0.3, -0.25) is 4.79 Å². The number of benzene rings is 2. The number of halogens is 1. The molecular formula is C19H19ClN2O2. The standard InChI is InChI=1S/C19H19ClN2O2/c1-22-15-10-6-5-9-14(15)17(20)18(22)19(24)21-12-11-16(23)13-7-3-2-4-8-13/h2-10,16,23H,11-12H2,1H3,(H,21,24). The Labute approximate surface area is 145 Å². The van der Waals surface area contributed by atoms with Crippen molar-refractivity contribution in [1.29, 1.82) is 0 Å². The molecule has 2 N–H and O–H groups in total. The number of aliphatic hydroxyl groups excluding tert-OH is 1. The molecule has 0 radical (unpaired) electrons. The van der Waals surface area contributed by atoms with Gasteiger partial charge in [0, 0.05) is 24.5 Å². The number of carbonyl (C=O) groups is 1. The third-order valence-electron chi connectivity index (χ3n) is 4.15. The molecule has 0 aliphatic heterocycles. The van der Waals surface area contributed by atoms with Crippen LogP contribution in [0.5, 0.6) is 0 Å². The van der Waals surface area contributed by atoms with Crippen LogP contribution < -0.4 is 5.32 Å². The van der Waals surface area contributed by atoms with Gasteiger partial charge in [-0.15, -0.1) is 0 Å². The van der Waals surface area contributed by atoms with Gasteiger partial charge in [0.1, 0.15) is 5.69 Å². The molecule has 1 heterocycles. The highest BCUT2D eigenvalue weighted by Crippen LogP contribution is 2.29. The van der Waals surface area contributed by atoms with Gasteiger partial charge in [0.15, 0.2) is 0 Å². The number of nitrogens with one attached hydrogen (secondary N) is 1. The lowest BCUT2D eigenvalue weighted by Crippen LogP contribution is -2.27. The lowest BCUT2D eigenvalue weighted by atomic mass is 10.1. The number of nitrogens with zero attached hydrogens (tertiary/aromatic N) is 1. The molecule has 0 bridgehead atoms. The predicted molar refractivity (Wildman–Crippen MR) is 96.3 cm³/mol. The first-order valence-electron chi connectivity index (χ1n) is 7.83. The fourth-order valence-corrected chi connectivity index (χ4v) is 3.22. The number of amides is 1. The van der Waals surface area contributed by atoms with E-state index in [0.717, 1.165) is 16.5 Å². The Morgan fingerprint density at radius 3 is 2.54 bits per heavy atom. The summed E-state index contributed by atoms with van der Waals surface area (Å²) in [5.74, 6) is -0.237. The molecule has 24 heavy (non-hydrogen) atoms. The maximum atomic E-state index is 12.5. The van der Waals surface area contributed by atoms with Crippen molar-refractivity contribution < 1.29 is 9.90 Å². The minimum atomic E-state index is -0.602. The van der Waals surface area contributed by atoms with Gasteiger partial charge in [0.25, 0.3) is 5.91 Å². The van der Waals surface area contributed by atoms with Crippen molar-refractivity contribution in [3.63, 3.8) is 0 Å². The molecule has 0 aliphatic carbocycles. The van der Waals surface area contributed by atoms with Crippen molar-refractivity contribution in [2.45, 2.75) is 12.5 Å². The molecule has 1 amide bonds. The van der Waals surface area contributed by atoms with Crippen LogP contribution >= 0.6 is 11.6 Å². The number of carbonyl (C=O) groups excluding carboxylic acids is 1. The van der Waals surface area contributed by atoms with Gasteiger partial charge in [-0.25, -0.2) is 0 Å². The van der Waals surface area contributed by atoms with Crippen molar-refractivity contribution in [2.75, 3.05) is 6.54 Å². The van der Waals surface area contributed by atoms with Crippen molar-refractivity contribution in [3.8, 4) is 0 Å². The molecule has 1 unspecified atom stereocenters. The van der Waals surface area contributed by atoms with E-state index in [4.69, 9.17) is 11.6 Å². The Balaban J connectivity index is 1.68. The van der Waals surface area contributed by atoms with Crippen molar-refractivity contribution in [1.82, 2.24) is 9.88 Å². The van der Waals surface area contributed by atoms with Gasteiger partial charge in [-0.2, -0.15) is 0 Å². The quantitative estimate of drug-likeness (QED) is 0.743. The minimum Gasteiger partial charge on any atom is -0.388 e. The monoisotopic (exact) mass is 342 g/mol. The fraction of sp³-hybridized carbons (Fsp3) is 0.211. The summed E-state index contributed by atoms with van der Waals surface area (Å²) >= 11 is 6.36. The third-order valence-corrected chi connectivity index (χ3v) is 4.53. The average Bonchev–Trinajstić information content (AvgIpc) is 2.87. The Kier molecular flexibility index (Phi) is 4.88. The van der Waals surface area contributed by atoms with E-state index in [9.17, 15) is 9.90 Å². The molecule has 2 aromatic carbocycles. The number of aryl methyl sites for hydroxylation is 1. The van der Waals surface area contributed by atoms with Crippen LogP contribution in [0.4, 0.5) is 0 Å². The van der Waals surface area contributed by atoms with E-state index in [1.807, 2.05) is 61.6 Å². The third kappa shape index (κ3) is 3.16. The Hall–Kier alpha value is -2.30. The molecule has 4 nitrogen and oxygen atoms in total. The van der Waals surface area contributed by atoms with Gasteiger partial charge in [-0.1, -0.05) is 60.1 Å². The highest BCUT2D eigenvalue weighted by molar-refractivity contribution is 6.38. The molecule has 3 aromatic rings. The van der Waals surface area contributed by atoms with E-state index < -0.39 is 6.10 Å². The summed E-state index contributed by atoms with van der Waals surface area (Å²) in [7, 11) is 1.82. The molecule has 0 saturated carbocycles. The van der Waals surface area contributed by atoms with E-state index in [2.05, 4.69) is 5.32 Å². The summed E-state index contributed by atoms with van der Waals surface area (Å²) < 4.78 is 1.79. The van der Waals surface area contributed by atoms with Gasteiger partial charge >= 0.3 is 0 Å². The second-order valence-corrected chi connectivity index (χ2v) is 6.09. The summed E-state index contributed by atoms with van der Waals surface area (Å²) in [4.78, 5) is 12.5. The van der Waals surface area contributed by atoms with Gasteiger partial charge < -0.3 is 15.0 Å².